The van der Waals surface area contributed by atoms with E-state index in [9.17, 15) is 28.0 Å². The highest BCUT2D eigenvalue weighted by molar-refractivity contribution is 6.55. The Labute approximate surface area is 226 Å². The fourth-order valence-corrected chi connectivity index (χ4v) is 4.79. The van der Waals surface area contributed by atoms with Crippen LogP contribution in [0, 0.1) is 11.3 Å². The van der Waals surface area contributed by atoms with Gasteiger partial charge in [-0.15, -0.1) is 0 Å². The fourth-order valence-electron chi connectivity index (χ4n) is 4.28. The molecule has 0 aliphatic carbocycles. The topological polar surface area (TPSA) is 106 Å². The highest BCUT2D eigenvalue weighted by Crippen LogP contribution is 2.44. The summed E-state index contributed by atoms with van der Waals surface area (Å²) >= 11 is 0. The van der Waals surface area contributed by atoms with Crippen LogP contribution < -0.4 is 10.6 Å². The number of carbonyl (C=O) groups is 2. The van der Waals surface area contributed by atoms with E-state index < -0.39 is 38.4 Å². The molecule has 1 aliphatic heterocycles. The van der Waals surface area contributed by atoms with Gasteiger partial charge in [0.2, 0.25) is 0 Å². The van der Waals surface area contributed by atoms with Gasteiger partial charge in [0, 0.05) is 20.2 Å². The summed E-state index contributed by atoms with van der Waals surface area (Å²) in [4.78, 5) is 28.1. The maximum atomic E-state index is 13.6. The van der Waals surface area contributed by atoms with Crippen LogP contribution in [0.5, 0.6) is 0 Å². The number of nitrogens with two attached hydrogens (primary N) is 1. The highest BCUT2D eigenvalue weighted by atomic mass is 28.3. The molecule has 2 N–H and O–H groups in total. The van der Waals surface area contributed by atoms with Crippen molar-refractivity contribution in [2.75, 3.05) is 18.1 Å². The third-order valence-electron chi connectivity index (χ3n) is 6.17. The zero-order valence-corrected chi connectivity index (χ0v) is 23.1. The van der Waals surface area contributed by atoms with E-state index in [0.29, 0.717) is 17.2 Å². The second-order valence-electron chi connectivity index (χ2n) is 9.16. The molecule has 2 aromatic carbocycles. The van der Waals surface area contributed by atoms with E-state index >= 15 is 0 Å². The van der Waals surface area contributed by atoms with Gasteiger partial charge in [-0.2, -0.15) is 18.4 Å². The van der Waals surface area contributed by atoms with E-state index in [1.807, 2.05) is 6.07 Å². The van der Waals surface area contributed by atoms with Crippen molar-refractivity contribution in [3.63, 3.8) is 0 Å². The van der Waals surface area contributed by atoms with Crippen LogP contribution in [0.3, 0.4) is 0 Å². The number of anilines is 1. The number of benzene rings is 2. The molecule has 1 unspecified atom stereocenters. The van der Waals surface area contributed by atoms with Crippen molar-refractivity contribution < 1.29 is 32.2 Å². The zero-order chi connectivity index (χ0) is 28.9. The molecule has 0 amide bonds. The van der Waals surface area contributed by atoms with E-state index in [0.717, 1.165) is 12.1 Å². The highest BCUT2D eigenvalue weighted by Gasteiger charge is 2.42. The Bertz CT molecular complexity index is 1350. The van der Waals surface area contributed by atoms with Gasteiger partial charge >= 0.3 is 18.1 Å². The summed E-state index contributed by atoms with van der Waals surface area (Å²) in [7, 11) is -0.713. The standard InChI is InChI=1S/C28H29F3N3O4Si/c1-5-37-26(35)22-17(2)34(21-8-6-7-20(15-21)28(29,30)31)25(33)24(27(36)38-13-14-39(3)4)23(22)19-11-9-18(16-32)10-12-19/h6-12,15,23H,5,13-14,33H2,1-4H3. The normalized spacial score (nSPS) is 15.9. The number of rotatable bonds is 8. The largest absolute Gasteiger partial charge is 0.463 e. The van der Waals surface area contributed by atoms with Crippen LogP contribution in [0.25, 0.3) is 0 Å². The Morgan fingerprint density at radius 1 is 1.08 bits per heavy atom. The second kappa shape index (κ2) is 12.2. The lowest BCUT2D eigenvalue weighted by Crippen LogP contribution is -2.39. The fraction of sp³-hybridized carbons (Fsp3) is 0.321. The number of nitrogens with zero attached hydrogens (tertiary/aromatic N) is 2. The van der Waals surface area contributed by atoms with Crippen LogP contribution in [0.4, 0.5) is 18.9 Å². The lowest BCUT2D eigenvalue weighted by molar-refractivity contribution is -0.140. The summed E-state index contributed by atoms with van der Waals surface area (Å²) in [6.07, 6.45) is -4.63. The zero-order valence-electron chi connectivity index (χ0n) is 22.1. The molecule has 1 heterocycles. The summed E-state index contributed by atoms with van der Waals surface area (Å²) < 4.78 is 51.5. The first kappa shape index (κ1) is 29.5. The Kier molecular flexibility index (Phi) is 9.24. The number of nitriles is 1. The molecule has 2 aromatic rings. The number of alkyl halides is 3. The van der Waals surface area contributed by atoms with Crippen LogP contribution in [0.1, 0.15) is 36.5 Å². The molecule has 0 spiro atoms. The summed E-state index contributed by atoms with van der Waals surface area (Å²) in [5, 5.41) is 9.23. The summed E-state index contributed by atoms with van der Waals surface area (Å²) in [5.74, 6) is -2.76. The van der Waals surface area contributed by atoms with E-state index in [2.05, 4.69) is 13.1 Å². The summed E-state index contributed by atoms with van der Waals surface area (Å²) in [6.45, 7) is 7.42. The molecule has 0 bridgehead atoms. The third kappa shape index (κ3) is 6.52. The Balaban J connectivity index is 2.29. The van der Waals surface area contributed by atoms with E-state index in [4.69, 9.17) is 15.2 Å². The van der Waals surface area contributed by atoms with Gasteiger partial charge in [-0.3, -0.25) is 0 Å². The van der Waals surface area contributed by atoms with Gasteiger partial charge in [0.25, 0.3) is 0 Å². The quantitative estimate of drug-likeness (QED) is 0.339. The summed E-state index contributed by atoms with van der Waals surface area (Å²) in [5.41, 5.74) is 6.58. The molecule has 39 heavy (non-hydrogen) atoms. The molecule has 1 radical (unpaired) electrons. The van der Waals surface area contributed by atoms with Crippen LogP contribution in [-0.2, 0) is 25.2 Å². The van der Waals surface area contributed by atoms with Crippen LogP contribution in [0.2, 0.25) is 19.1 Å². The predicted octanol–water partition coefficient (Wildman–Crippen LogP) is 5.49. The van der Waals surface area contributed by atoms with Crippen molar-refractivity contribution in [3.8, 4) is 6.07 Å². The molecule has 0 saturated heterocycles. The number of ether oxygens (including phenoxy) is 2. The monoisotopic (exact) mass is 556 g/mol. The van der Waals surface area contributed by atoms with Gasteiger partial charge in [0.1, 0.15) is 5.82 Å². The number of allylic oxidation sites excluding steroid dienone is 1. The number of hydrogen-bond donors (Lipinski definition) is 1. The Morgan fingerprint density at radius 3 is 2.28 bits per heavy atom. The lowest BCUT2D eigenvalue weighted by atomic mass is 9.80. The van der Waals surface area contributed by atoms with Crippen LogP contribution in [0.15, 0.2) is 71.2 Å². The van der Waals surface area contributed by atoms with Crippen molar-refractivity contribution in [1.29, 1.82) is 5.26 Å². The molecule has 11 heteroatoms. The van der Waals surface area contributed by atoms with Crippen molar-refractivity contribution in [3.05, 3.63) is 87.9 Å². The molecule has 0 fully saturated rings. The molecule has 205 valence electrons. The SMILES string of the molecule is CCOC(=O)C1=C(C)N(c2cccc(C(F)(F)F)c2)C(N)=C(C(=O)OCC[Si](C)C)C1c1ccc(C#N)cc1. The van der Waals surface area contributed by atoms with Gasteiger partial charge in [-0.05, 0) is 55.8 Å². The molecule has 7 nitrogen and oxygen atoms in total. The smallest absolute Gasteiger partial charge is 0.416 e. The summed E-state index contributed by atoms with van der Waals surface area (Å²) in [6, 6.07) is 13.4. The van der Waals surface area contributed by atoms with Gasteiger partial charge in [-0.25, -0.2) is 9.59 Å². The van der Waals surface area contributed by atoms with Gasteiger partial charge in [0.05, 0.1) is 47.5 Å². The second-order valence-corrected chi connectivity index (χ2v) is 12.1. The van der Waals surface area contributed by atoms with Crippen molar-refractivity contribution in [2.45, 2.75) is 45.1 Å². The number of hydrogen-bond acceptors (Lipinski definition) is 7. The number of halogens is 3. The van der Waals surface area contributed by atoms with E-state index in [-0.39, 0.29) is 41.6 Å². The van der Waals surface area contributed by atoms with Crippen LogP contribution >= 0.6 is 0 Å². The molecule has 3 rings (SSSR count). The van der Waals surface area contributed by atoms with Crippen molar-refractivity contribution in [2.24, 2.45) is 5.73 Å². The van der Waals surface area contributed by atoms with E-state index in [1.165, 1.54) is 36.1 Å². The molecule has 1 atom stereocenters. The average Bonchev–Trinajstić information content (AvgIpc) is 2.88. The molecular weight excluding hydrogens is 527 g/mol. The first-order valence-electron chi connectivity index (χ1n) is 12.2. The van der Waals surface area contributed by atoms with Gasteiger partial charge in [-0.1, -0.05) is 31.3 Å². The van der Waals surface area contributed by atoms with Crippen molar-refractivity contribution in [1.82, 2.24) is 0 Å². The lowest BCUT2D eigenvalue weighted by Gasteiger charge is -2.37. The number of esters is 2. The molecule has 0 aromatic heterocycles. The van der Waals surface area contributed by atoms with Gasteiger partial charge < -0.3 is 20.1 Å². The Hall–Kier alpha value is -4.04. The minimum atomic E-state index is -4.63. The third-order valence-corrected chi connectivity index (χ3v) is 7.38. The first-order chi connectivity index (χ1) is 18.4. The minimum Gasteiger partial charge on any atom is -0.463 e. The minimum absolute atomic E-state index is 0.0119. The maximum Gasteiger partial charge on any atom is 0.416 e. The maximum absolute atomic E-state index is 13.6. The molecule has 1 aliphatic rings. The predicted molar refractivity (Wildman–Crippen MR) is 142 cm³/mol. The van der Waals surface area contributed by atoms with Crippen molar-refractivity contribution >= 4 is 26.4 Å². The number of carbonyl (C=O) groups excluding carboxylic acids is 2. The van der Waals surface area contributed by atoms with Crippen LogP contribution in [-0.4, -0.2) is 33.9 Å². The first-order valence-corrected chi connectivity index (χ1v) is 14.9. The molecule has 0 saturated carbocycles. The average molecular weight is 557 g/mol. The Morgan fingerprint density at radius 2 is 1.72 bits per heavy atom. The molecular formula is C28H29F3N3O4Si. The van der Waals surface area contributed by atoms with E-state index in [1.54, 1.807) is 19.1 Å². The van der Waals surface area contributed by atoms with Gasteiger partial charge in [0.15, 0.2) is 0 Å².